The molecule has 158 valence electrons. The van der Waals surface area contributed by atoms with Crippen molar-refractivity contribution in [3.05, 3.63) is 65.7 Å². The summed E-state index contributed by atoms with van der Waals surface area (Å²) in [6, 6.07) is 17.3. The molecule has 1 amide bonds. The standard InChI is InChI=1S/C23H27N3O3S/c1-25(15-7-10-18-8-3-2-4-9-18)23(27)19-13-16-26(17-14-19)22-20-11-5-6-12-21(20)30(28,29)24-22/h2-6,8-9,11-12,19H,7,10,13-17H2,1H3. The smallest absolute Gasteiger partial charge is 0.285 e. The van der Waals surface area contributed by atoms with E-state index in [-0.39, 0.29) is 16.7 Å². The van der Waals surface area contributed by atoms with E-state index in [9.17, 15) is 13.2 Å². The van der Waals surface area contributed by atoms with Gasteiger partial charge >= 0.3 is 0 Å². The maximum Gasteiger partial charge on any atom is 0.285 e. The lowest BCUT2D eigenvalue weighted by Gasteiger charge is -2.34. The van der Waals surface area contributed by atoms with Gasteiger partial charge in [0.15, 0.2) is 5.84 Å². The van der Waals surface area contributed by atoms with Gasteiger partial charge in [-0.25, -0.2) is 0 Å². The van der Waals surface area contributed by atoms with Crippen molar-refractivity contribution in [1.82, 2.24) is 9.80 Å². The number of aryl methyl sites for hydroxylation is 1. The quantitative estimate of drug-likeness (QED) is 0.739. The molecule has 0 atom stereocenters. The number of likely N-dealkylation sites (tertiary alicyclic amines) is 1. The number of carbonyl (C=O) groups excluding carboxylic acids is 1. The number of amidine groups is 1. The Labute approximate surface area is 178 Å². The second-order valence-electron chi connectivity index (χ2n) is 8.00. The van der Waals surface area contributed by atoms with Crippen molar-refractivity contribution in [3.63, 3.8) is 0 Å². The monoisotopic (exact) mass is 425 g/mol. The third-order valence-corrected chi connectivity index (χ3v) is 7.26. The molecule has 0 radical (unpaired) electrons. The Bertz CT molecular complexity index is 1040. The van der Waals surface area contributed by atoms with Gasteiger partial charge in [0.05, 0.1) is 0 Å². The largest absolute Gasteiger partial charge is 0.355 e. The van der Waals surface area contributed by atoms with Crippen LogP contribution in [-0.2, 0) is 21.2 Å². The summed E-state index contributed by atoms with van der Waals surface area (Å²) in [6.45, 7) is 2.01. The lowest BCUT2D eigenvalue weighted by atomic mass is 9.94. The molecule has 2 aromatic carbocycles. The van der Waals surface area contributed by atoms with E-state index < -0.39 is 10.0 Å². The van der Waals surface area contributed by atoms with E-state index in [0.717, 1.165) is 19.4 Å². The van der Waals surface area contributed by atoms with Crippen molar-refractivity contribution in [2.45, 2.75) is 30.6 Å². The Balaban J connectivity index is 1.31. The Morgan fingerprint density at radius 3 is 2.47 bits per heavy atom. The highest BCUT2D eigenvalue weighted by molar-refractivity contribution is 7.90. The van der Waals surface area contributed by atoms with Crippen molar-refractivity contribution in [1.29, 1.82) is 0 Å². The Morgan fingerprint density at radius 1 is 1.07 bits per heavy atom. The fraction of sp³-hybridized carbons (Fsp3) is 0.391. The molecule has 0 spiro atoms. The van der Waals surface area contributed by atoms with Crippen LogP contribution in [0.25, 0.3) is 0 Å². The number of sulfonamides is 1. The molecular weight excluding hydrogens is 398 g/mol. The van der Waals surface area contributed by atoms with Gasteiger partial charge in [-0.3, -0.25) is 4.79 Å². The van der Waals surface area contributed by atoms with Crippen LogP contribution in [0, 0.1) is 5.92 Å². The average Bonchev–Trinajstić information content (AvgIpc) is 3.05. The van der Waals surface area contributed by atoms with Gasteiger partial charge in [-0.2, -0.15) is 8.42 Å². The molecule has 30 heavy (non-hydrogen) atoms. The molecule has 2 aliphatic heterocycles. The van der Waals surface area contributed by atoms with Gasteiger partial charge in [-0.05, 0) is 43.4 Å². The highest BCUT2D eigenvalue weighted by Crippen LogP contribution is 2.30. The highest BCUT2D eigenvalue weighted by atomic mass is 32.2. The molecule has 0 N–H and O–H groups in total. The van der Waals surface area contributed by atoms with E-state index in [1.807, 2.05) is 41.1 Å². The number of piperidine rings is 1. The number of amides is 1. The SMILES string of the molecule is CN(CCCc1ccccc1)C(=O)C1CCN(C2=NS(=O)(=O)c3ccccc32)CC1. The van der Waals surface area contributed by atoms with Crippen LogP contribution in [0.4, 0.5) is 0 Å². The minimum atomic E-state index is -3.61. The Kier molecular flexibility index (Phi) is 5.90. The van der Waals surface area contributed by atoms with Crippen LogP contribution < -0.4 is 0 Å². The number of rotatable bonds is 5. The van der Waals surface area contributed by atoms with Crippen LogP contribution in [0.5, 0.6) is 0 Å². The molecule has 7 heteroatoms. The summed E-state index contributed by atoms with van der Waals surface area (Å²) < 4.78 is 28.6. The summed E-state index contributed by atoms with van der Waals surface area (Å²) in [5, 5.41) is 0. The van der Waals surface area contributed by atoms with E-state index in [2.05, 4.69) is 16.5 Å². The minimum Gasteiger partial charge on any atom is -0.355 e. The van der Waals surface area contributed by atoms with Gasteiger partial charge in [0.2, 0.25) is 5.91 Å². The van der Waals surface area contributed by atoms with E-state index in [4.69, 9.17) is 0 Å². The number of benzene rings is 2. The number of fused-ring (bicyclic) bond motifs is 1. The first kappa shape index (κ1) is 20.6. The summed E-state index contributed by atoms with van der Waals surface area (Å²) in [7, 11) is -1.73. The first-order valence-electron chi connectivity index (χ1n) is 10.4. The summed E-state index contributed by atoms with van der Waals surface area (Å²) in [5.41, 5.74) is 1.96. The molecule has 2 aliphatic rings. The molecule has 2 aromatic rings. The van der Waals surface area contributed by atoms with Gasteiger partial charge in [0.1, 0.15) is 4.90 Å². The minimum absolute atomic E-state index is 0.0168. The van der Waals surface area contributed by atoms with Crippen LogP contribution in [0.15, 0.2) is 63.9 Å². The molecule has 0 saturated carbocycles. The number of hydrogen-bond donors (Lipinski definition) is 0. The fourth-order valence-electron chi connectivity index (χ4n) is 4.24. The third kappa shape index (κ3) is 4.26. The predicted octanol–water partition coefficient (Wildman–Crippen LogP) is 2.94. The van der Waals surface area contributed by atoms with E-state index in [0.29, 0.717) is 37.3 Å². The molecule has 1 saturated heterocycles. The van der Waals surface area contributed by atoms with E-state index in [1.165, 1.54) is 5.56 Å². The summed E-state index contributed by atoms with van der Waals surface area (Å²) in [6.07, 6.45) is 3.33. The molecule has 1 fully saturated rings. The molecular formula is C23H27N3O3S. The fourth-order valence-corrected chi connectivity index (χ4v) is 5.47. The van der Waals surface area contributed by atoms with Crippen molar-refractivity contribution in [3.8, 4) is 0 Å². The zero-order valence-corrected chi connectivity index (χ0v) is 18.0. The summed E-state index contributed by atoms with van der Waals surface area (Å²) >= 11 is 0. The van der Waals surface area contributed by atoms with Gasteiger partial charge in [0, 0.05) is 38.2 Å². The molecule has 4 rings (SSSR count). The van der Waals surface area contributed by atoms with Gasteiger partial charge < -0.3 is 9.80 Å². The molecule has 2 heterocycles. The van der Waals surface area contributed by atoms with Gasteiger partial charge in [-0.1, -0.05) is 42.5 Å². The van der Waals surface area contributed by atoms with Gasteiger partial charge in [0.25, 0.3) is 10.0 Å². The van der Waals surface area contributed by atoms with E-state index in [1.54, 1.807) is 18.2 Å². The van der Waals surface area contributed by atoms with E-state index >= 15 is 0 Å². The molecule has 0 aromatic heterocycles. The normalized spacial score (nSPS) is 18.0. The van der Waals surface area contributed by atoms with Gasteiger partial charge in [-0.15, -0.1) is 4.40 Å². The maximum absolute atomic E-state index is 12.9. The Hall–Kier alpha value is -2.67. The Morgan fingerprint density at radius 2 is 1.73 bits per heavy atom. The zero-order chi connectivity index (χ0) is 21.1. The second-order valence-corrected chi connectivity index (χ2v) is 9.57. The van der Waals surface area contributed by atoms with Crippen molar-refractivity contribution in [2.24, 2.45) is 10.3 Å². The van der Waals surface area contributed by atoms with Crippen LogP contribution in [0.2, 0.25) is 0 Å². The number of nitrogens with zero attached hydrogens (tertiary/aromatic N) is 3. The predicted molar refractivity (Wildman–Crippen MR) is 117 cm³/mol. The number of hydrogen-bond acceptors (Lipinski definition) is 4. The summed E-state index contributed by atoms with van der Waals surface area (Å²) in [4.78, 5) is 17.0. The molecule has 0 bridgehead atoms. The van der Waals surface area contributed by atoms with Crippen molar-refractivity contribution < 1.29 is 13.2 Å². The zero-order valence-electron chi connectivity index (χ0n) is 17.2. The first-order chi connectivity index (χ1) is 14.5. The summed E-state index contributed by atoms with van der Waals surface area (Å²) in [5.74, 6) is 0.689. The molecule has 6 nitrogen and oxygen atoms in total. The van der Waals surface area contributed by atoms with Crippen molar-refractivity contribution >= 4 is 21.8 Å². The molecule has 0 aliphatic carbocycles. The second kappa shape index (κ2) is 8.60. The van der Waals surface area contributed by atoms with Crippen LogP contribution in [-0.4, -0.2) is 56.6 Å². The molecule has 0 unspecified atom stereocenters. The lowest BCUT2D eigenvalue weighted by Crippen LogP contribution is -2.43. The third-order valence-electron chi connectivity index (χ3n) is 5.93. The maximum atomic E-state index is 12.9. The van der Waals surface area contributed by atoms with Crippen LogP contribution in [0.1, 0.15) is 30.4 Å². The highest BCUT2D eigenvalue weighted by Gasteiger charge is 2.34. The average molecular weight is 426 g/mol. The topological polar surface area (TPSA) is 70.1 Å². The van der Waals surface area contributed by atoms with Crippen LogP contribution in [0.3, 0.4) is 0 Å². The van der Waals surface area contributed by atoms with Crippen LogP contribution >= 0.6 is 0 Å². The lowest BCUT2D eigenvalue weighted by molar-refractivity contribution is -0.135. The number of carbonyl (C=O) groups is 1. The van der Waals surface area contributed by atoms with Crippen molar-refractivity contribution in [2.75, 3.05) is 26.7 Å². The first-order valence-corrected chi connectivity index (χ1v) is 11.9.